The lowest BCUT2D eigenvalue weighted by atomic mass is 10.0. The van der Waals surface area contributed by atoms with Gasteiger partial charge in [-0.05, 0) is 32.9 Å². The molecule has 1 saturated heterocycles. The summed E-state index contributed by atoms with van der Waals surface area (Å²) in [7, 11) is 0. The van der Waals surface area contributed by atoms with Gasteiger partial charge in [0.2, 0.25) is 0 Å². The van der Waals surface area contributed by atoms with E-state index in [1.165, 1.54) is 6.07 Å². The van der Waals surface area contributed by atoms with Crippen LogP contribution < -0.4 is 0 Å². The number of piperazine rings is 1. The Kier molecular flexibility index (Phi) is 5.12. The number of Topliss-reactive ketones (excluding diaryl/α,β-unsaturated/α-hetero) is 1. The number of hydrogen-bond acceptors (Lipinski definition) is 3. The number of carbonyl (C=O) groups excluding carboxylic acids is 1. The lowest BCUT2D eigenvalue weighted by Crippen LogP contribution is -2.53. The molecule has 21 heavy (non-hydrogen) atoms. The molecule has 1 heterocycles. The molecule has 1 aliphatic rings. The summed E-state index contributed by atoms with van der Waals surface area (Å²) in [6.45, 7) is 11.4. The zero-order chi connectivity index (χ0) is 15.5. The maximum atomic E-state index is 13.5. The summed E-state index contributed by atoms with van der Waals surface area (Å²) in [5.74, 6) is -0.522. The first-order valence-corrected chi connectivity index (χ1v) is 7.63. The van der Waals surface area contributed by atoms with Crippen molar-refractivity contribution in [3.63, 3.8) is 0 Å². The molecule has 1 aromatic rings. The van der Waals surface area contributed by atoms with E-state index in [9.17, 15) is 9.18 Å². The normalized spacial score (nSPS) is 17.9. The van der Waals surface area contributed by atoms with E-state index < -0.39 is 5.82 Å². The Morgan fingerprint density at radius 1 is 1.14 bits per heavy atom. The van der Waals surface area contributed by atoms with E-state index in [1.807, 2.05) is 0 Å². The van der Waals surface area contributed by atoms with Gasteiger partial charge in [-0.3, -0.25) is 9.69 Å². The van der Waals surface area contributed by atoms with Gasteiger partial charge >= 0.3 is 0 Å². The SMILES string of the molecule is CC(C)(C)N1CCN(CCC(=O)c2ccccc2F)CC1. The molecule has 4 heteroatoms. The fourth-order valence-electron chi connectivity index (χ4n) is 2.72. The smallest absolute Gasteiger partial charge is 0.167 e. The third-order valence-electron chi connectivity index (χ3n) is 4.15. The van der Waals surface area contributed by atoms with Crippen molar-refractivity contribution >= 4 is 5.78 Å². The predicted molar refractivity (Wildman–Crippen MR) is 83.1 cm³/mol. The molecule has 3 nitrogen and oxygen atoms in total. The highest BCUT2D eigenvalue weighted by atomic mass is 19.1. The zero-order valence-corrected chi connectivity index (χ0v) is 13.2. The Morgan fingerprint density at radius 3 is 2.33 bits per heavy atom. The molecule has 0 aromatic heterocycles. The minimum Gasteiger partial charge on any atom is -0.300 e. The molecular weight excluding hydrogens is 267 g/mol. The van der Waals surface area contributed by atoms with E-state index in [0.717, 1.165) is 26.2 Å². The number of benzene rings is 1. The molecule has 0 unspecified atom stereocenters. The third kappa shape index (κ3) is 4.35. The number of ketones is 1. The number of hydrogen-bond donors (Lipinski definition) is 0. The van der Waals surface area contributed by atoms with Crippen LogP contribution in [0.3, 0.4) is 0 Å². The number of carbonyl (C=O) groups is 1. The summed E-state index contributed by atoms with van der Waals surface area (Å²) in [5, 5.41) is 0. The lowest BCUT2D eigenvalue weighted by molar-refractivity contribution is 0.0601. The Morgan fingerprint density at radius 2 is 1.76 bits per heavy atom. The van der Waals surface area contributed by atoms with Gasteiger partial charge in [-0.1, -0.05) is 12.1 Å². The van der Waals surface area contributed by atoms with Gasteiger partial charge in [0.1, 0.15) is 5.82 Å². The van der Waals surface area contributed by atoms with Gasteiger partial charge in [0, 0.05) is 44.7 Å². The third-order valence-corrected chi connectivity index (χ3v) is 4.15. The highest BCUT2D eigenvalue weighted by molar-refractivity contribution is 5.96. The number of halogens is 1. The molecule has 0 aliphatic carbocycles. The molecule has 0 N–H and O–H groups in total. The summed E-state index contributed by atoms with van der Waals surface area (Å²) in [5.41, 5.74) is 0.417. The molecule has 0 bridgehead atoms. The molecule has 0 amide bonds. The van der Waals surface area contributed by atoms with Crippen molar-refractivity contribution in [1.29, 1.82) is 0 Å². The van der Waals surface area contributed by atoms with Crippen LogP contribution in [0.25, 0.3) is 0 Å². The monoisotopic (exact) mass is 292 g/mol. The second kappa shape index (κ2) is 6.67. The summed E-state index contributed by atoms with van der Waals surface area (Å²) < 4.78 is 13.5. The van der Waals surface area contributed by atoms with Gasteiger partial charge in [-0.25, -0.2) is 4.39 Å². The number of rotatable bonds is 4. The second-order valence-corrected chi connectivity index (χ2v) is 6.65. The average molecular weight is 292 g/mol. The van der Waals surface area contributed by atoms with E-state index in [2.05, 4.69) is 30.6 Å². The molecule has 0 atom stereocenters. The molecule has 0 saturated carbocycles. The van der Waals surface area contributed by atoms with E-state index >= 15 is 0 Å². The minimum absolute atomic E-state index is 0.105. The van der Waals surface area contributed by atoms with Crippen LogP contribution in [0.15, 0.2) is 24.3 Å². The maximum Gasteiger partial charge on any atom is 0.167 e. The fourth-order valence-corrected chi connectivity index (χ4v) is 2.72. The van der Waals surface area contributed by atoms with Gasteiger partial charge in [-0.15, -0.1) is 0 Å². The van der Waals surface area contributed by atoms with Gasteiger partial charge in [0.05, 0.1) is 5.56 Å². The lowest BCUT2D eigenvalue weighted by Gasteiger charge is -2.42. The predicted octanol–water partition coefficient (Wildman–Crippen LogP) is 2.81. The highest BCUT2D eigenvalue weighted by Gasteiger charge is 2.25. The molecule has 1 fully saturated rings. The second-order valence-electron chi connectivity index (χ2n) is 6.65. The summed E-state index contributed by atoms with van der Waals surface area (Å²) in [6.07, 6.45) is 0.385. The average Bonchev–Trinajstić information content (AvgIpc) is 2.45. The topological polar surface area (TPSA) is 23.6 Å². The van der Waals surface area contributed by atoms with Gasteiger partial charge in [-0.2, -0.15) is 0 Å². The van der Waals surface area contributed by atoms with Crippen molar-refractivity contribution in [3.8, 4) is 0 Å². The summed E-state index contributed by atoms with van der Waals surface area (Å²) >= 11 is 0. The van der Waals surface area contributed by atoms with E-state index in [1.54, 1.807) is 18.2 Å². The Labute approximate surface area is 126 Å². The molecular formula is C17H25FN2O. The fraction of sp³-hybridized carbons (Fsp3) is 0.588. The van der Waals surface area contributed by atoms with Crippen molar-refractivity contribution in [2.75, 3.05) is 32.7 Å². The molecule has 1 aromatic carbocycles. The van der Waals surface area contributed by atoms with Crippen LogP contribution in [0, 0.1) is 5.82 Å². The van der Waals surface area contributed by atoms with Crippen LogP contribution in [0.4, 0.5) is 4.39 Å². The zero-order valence-electron chi connectivity index (χ0n) is 13.2. The van der Waals surface area contributed by atoms with Gasteiger partial charge in [0.15, 0.2) is 5.78 Å². The first-order chi connectivity index (χ1) is 9.88. The Balaban J connectivity index is 1.80. The molecule has 0 radical (unpaired) electrons. The molecule has 1 aliphatic heterocycles. The Bertz CT molecular complexity index is 488. The van der Waals surface area contributed by atoms with Gasteiger partial charge in [0.25, 0.3) is 0 Å². The Hall–Kier alpha value is -1.26. The maximum absolute atomic E-state index is 13.5. The van der Waals surface area contributed by atoms with Crippen molar-refractivity contribution < 1.29 is 9.18 Å². The van der Waals surface area contributed by atoms with Crippen molar-refractivity contribution in [2.24, 2.45) is 0 Å². The van der Waals surface area contributed by atoms with Gasteiger partial charge < -0.3 is 4.90 Å². The molecule has 0 spiro atoms. The van der Waals surface area contributed by atoms with E-state index in [-0.39, 0.29) is 16.9 Å². The first kappa shape index (κ1) is 16.1. The summed E-state index contributed by atoms with van der Waals surface area (Å²) in [4.78, 5) is 16.8. The van der Waals surface area contributed by atoms with E-state index in [0.29, 0.717) is 13.0 Å². The molecule has 116 valence electrons. The standard InChI is InChI=1S/C17H25FN2O/c1-17(2,3)20-12-10-19(11-13-20)9-8-16(21)14-6-4-5-7-15(14)18/h4-7H,8-13H2,1-3H3. The van der Waals surface area contributed by atoms with Crippen LogP contribution in [0.5, 0.6) is 0 Å². The minimum atomic E-state index is -0.417. The molecule has 2 rings (SSSR count). The van der Waals surface area contributed by atoms with Crippen molar-refractivity contribution in [1.82, 2.24) is 9.80 Å². The van der Waals surface area contributed by atoms with Crippen molar-refractivity contribution in [2.45, 2.75) is 32.7 Å². The highest BCUT2D eigenvalue weighted by Crippen LogP contribution is 2.16. The van der Waals surface area contributed by atoms with Crippen LogP contribution >= 0.6 is 0 Å². The summed E-state index contributed by atoms with van der Waals surface area (Å²) in [6, 6.07) is 6.22. The largest absolute Gasteiger partial charge is 0.300 e. The van der Waals surface area contributed by atoms with Crippen LogP contribution in [0.2, 0.25) is 0 Å². The van der Waals surface area contributed by atoms with Crippen LogP contribution in [0.1, 0.15) is 37.6 Å². The number of nitrogens with zero attached hydrogens (tertiary/aromatic N) is 2. The van der Waals surface area contributed by atoms with Crippen molar-refractivity contribution in [3.05, 3.63) is 35.6 Å². The quantitative estimate of drug-likeness (QED) is 0.797. The first-order valence-electron chi connectivity index (χ1n) is 7.63. The van der Waals surface area contributed by atoms with Crippen LogP contribution in [-0.4, -0.2) is 53.8 Å². The van der Waals surface area contributed by atoms with E-state index in [4.69, 9.17) is 0 Å². The van der Waals surface area contributed by atoms with Crippen LogP contribution in [-0.2, 0) is 0 Å².